The monoisotopic (exact) mass is 441 g/mol. The molecule has 6 heteroatoms. The number of benzene rings is 1. The molecule has 0 radical (unpaired) electrons. The molecule has 0 spiro atoms. The van der Waals surface area contributed by atoms with Crippen LogP contribution in [-0.2, 0) is 19.1 Å². The number of fused-ring (bicyclic) bond motifs is 1. The summed E-state index contributed by atoms with van der Waals surface area (Å²) < 4.78 is 10.8. The molecule has 1 aromatic rings. The molecule has 4 rings (SSSR count). The Kier molecular flexibility index (Phi) is 7.48. The van der Waals surface area contributed by atoms with Crippen LogP contribution in [0.4, 0.5) is 5.69 Å². The number of amides is 1. The topological polar surface area (TPSA) is 81.7 Å². The Labute approximate surface area is 190 Å². The Balaban J connectivity index is 1.17. The Morgan fingerprint density at radius 3 is 2.41 bits per heavy atom. The Hall–Kier alpha value is -2.37. The van der Waals surface area contributed by atoms with Gasteiger partial charge in [0.25, 0.3) is 0 Å². The van der Waals surface area contributed by atoms with Crippen molar-refractivity contribution in [2.45, 2.75) is 77.2 Å². The predicted octanol–water partition coefficient (Wildman–Crippen LogP) is 5.12. The summed E-state index contributed by atoms with van der Waals surface area (Å²) in [6.07, 6.45) is 11.4. The molecule has 0 aromatic heterocycles. The first-order valence-corrected chi connectivity index (χ1v) is 12.4. The smallest absolute Gasteiger partial charge is 0.338 e. The number of esters is 2. The predicted molar refractivity (Wildman–Crippen MR) is 121 cm³/mol. The van der Waals surface area contributed by atoms with Crippen LogP contribution in [-0.4, -0.2) is 30.6 Å². The van der Waals surface area contributed by atoms with Gasteiger partial charge in [-0.2, -0.15) is 0 Å². The SMILES string of the molecule is CCCCCCCCCCOC(=O)c1ccc(NC(=O)[C@@H]2[C@@H]3C[C@@H]4[C@H]2C(=O)O[C@@H]4C3)cc1. The van der Waals surface area contributed by atoms with Crippen molar-refractivity contribution < 1.29 is 23.9 Å². The van der Waals surface area contributed by atoms with Crippen molar-refractivity contribution in [3.63, 3.8) is 0 Å². The molecule has 5 atom stereocenters. The largest absolute Gasteiger partial charge is 0.462 e. The van der Waals surface area contributed by atoms with Gasteiger partial charge in [-0.1, -0.05) is 51.9 Å². The molecule has 6 nitrogen and oxygen atoms in total. The highest BCUT2D eigenvalue weighted by Gasteiger charge is 2.63. The molecule has 1 saturated heterocycles. The van der Waals surface area contributed by atoms with E-state index in [1.165, 1.54) is 38.5 Å². The molecule has 3 aliphatic rings. The van der Waals surface area contributed by atoms with Crippen molar-refractivity contribution in [2.24, 2.45) is 23.7 Å². The van der Waals surface area contributed by atoms with Gasteiger partial charge in [-0.25, -0.2) is 4.79 Å². The zero-order valence-corrected chi connectivity index (χ0v) is 19.0. The summed E-state index contributed by atoms with van der Waals surface area (Å²) in [6, 6.07) is 6.78. The molecular weight excluding hydrogens is 406 g/mol. The van der Waals surface area contributed by atoms with E-state index in [0.717, 1.165) is 25.7 Å². The molecule has 2 bridgehead atoms. The van der Waals surface area contributed by atoms with E-state index in [9.17, 15) is 14.4 Å². The van der Waals surface area contributed by atoms with Crippen molar-refractivity contribution in [1.82, 2.24) is 0 Å². The zero-order chi connectivity index (χ0) is 22.5. The van der Waals surface area contributed by atoms with Crippen LogP contribution >= 0.6 is 0 Å². The van der Waals surface area contributed by atoms with Gasteiger partial charge in [0, 0.05) is 11.6 Å². The molecule has 1 aromatic carbocycles. The number of rotatable bonds is 12. The summed E-state index contributed by atoms with van der Waals surface area (Å²) in [5.74, 6) is -0.821. The van der Waals surface area contributed by atoms with Crippen LogP contribution in [0.1, 0.15) is 81.5 Å². The van der Waals surface area contributed by atoms with Crippen LogP contribution in [0.25, 0.3) is 0 Å². The maximum Gasteiger partial charge on any atom is 0.338 e. The highest BCUT2D eigenvalue weighted by molar-refractivity contribution is 5.97. The van der Waals surface area contributed by atoms with E-state index >= 15 is 0 Å². The van der Waals surface area contributed by atoms with Gasteiger partial charge < -0.3 is 14.8 Å². The molecule has 1 aliphatic heterocycles. The number of ether oxygens (including phenoxy) is 2. The standard InChI is InChI=1S/C26H35NO5/c1-2-3-4-5-6-7-8-9-14-31-25(29)17-10-12-19(13-11-17)27-24(28)22-18-15-20-21(16-18)32-26(30)23(20)22/h10-13,18,20-23H,2-9,14-16H2,1H3,(H,27,28)/t18-,20+,21-,22-,23-/m1/s1. The van der Waals surface area contributed by atoms with Crippen molar-refractivity contribution in [3.05, 3.63) is 29.8 Å². The Morgan fingerprint density at radius 1 is 1.00 bits per heavy atom. The van der Waals surface area contributed by atoms with Gasteiger partial charge in [-0.3, -0.25) is 9.59 Å². The fraction of sp³-hybridized carbons (Fsp3) is 0.654. The molecule has 1 heterocycles. The number of anilines is 1. The minimum Gasteiger partial charge on any atom is -0.462 e. The molecule has 2 aliphatic carbocycles. The molecular formula is C26H35NO5. The second-order valence-electron chi connectivity index (χ2n) is 9.60. The molecule has 0 unspecified atom stereocenters. The average molecular weight is 442 g/mol. The summed E-state index contributed by atoms with van der Waals surface area (Å²) in [4.78, 5) is 37.2. The molecule has 2 saturated carbocycles. The second kappa shape index (κ2) is 10.5. The van der Waals surface area contributed by atoms with Gasteiger partial charge in [0.1, 0.15) is 6.10 Å². The normalized spacial score (nSPS) is 27.4. The van der Waals surface area contributed by atoms with Crippen molar-refractivity contribution >= 4 is 23.5 Å². The van der Waals surface area contributed by atoms with Crippen molar-refractivity contribution in [1.29, 1.82) is 0 Å². The first-order valence-electron chi connectivity index (χ1n) is 12.4. The van der Waals surface area contributed by atoms with E-state index in [-0.39, 0.29) is 47.6 Å². The lowest BCUT2D eigenvalue weighted by Gasteiger charge is -2.23. The third kappa shape index (κ3) is 5.00. The van der Waals surface area contributed by atoms with Gasteiger partial charge in [0.05, 0.1) is 24.0 Å². The van der Waals surface area contributed by atoms with Crippen molar-refractivity contribution in [2.75, 3.05) is 11.9 Å². The number of carbonyl (C=O) groups excluding carboxylic acids is 3. The van der Waals surface area contributed by atoms with Gasteiger partial charge in [0.2, 0.25) is 5.91 Å². The minimum atomic E-state index is -0.335. The van der Waals surface area contributed by atoms with Crippen LogP contribution in [0.3, 0.4) is 0 Å². The fourth-order valence-electron chi connectivity index (χ4n) is 5.76. The number of unbranched alkanes of at least 4 members (excludes halogenated alkanes) is 7. The lowest BCUT2D eigenvalue weighted by Crippen LogP contribution is -2.35. The van der Waals surface area contributed by atoms with E-state index in [1.54, 1.807) is 24.3 Å². The minimum absolute atomic E-state index is 0.0256. The van der Waals surface area contributed by atoms with E-state index in [4.69, 9.17) is 9.47 Å². The third-order valence-electron chi connectivity index (χ3n) is 7.41. The Morgan fingerprint density at radius 2 is 1.69 bits per heavy atom. The lowest BCUT2D eigenvalue weighted by atomic mass is 9.79. The summed E-state index contributed by atoms with van der Waals surface area (Å²) in [5.41, 5.74) is 1.10. The maximum absolute atomic E-state index is 12.8. The number of hydrogen-bond donors (Lipinski definition) is 1. The summed E-state index contributed by atoms with van der Waals surface area (Å²) >= 11 is 0. The van der Waals surface area contributed by atoms with E-state index in [1.807, 2.05) is 0 Å². The molecule has 1 N–H and O–H groups in total. The third-order valence-corrected chi connectivity index (χ3v) is 7.41. The van der Waals surface area contributed by atoms with Gasteiger partial charge >= 0.3 is 11.9 Å². The zero-order valence-electron chi connectivity index (χ0n) is 19.0. The summed E-state index contributed by atoms with van der Waals surface area (Å²) in [7, 11) is 0. The van der Waals surface area contributed by atoms with E-state index < -0.39 is 0 Å². The summed E-state index contributed by atoms with van der Waals surface area (Å²) in [5, 5.41) is 2.92. The second-order valence-corrected chi connectivity index (χ2v) is 9.60. The quantitative estimate of drug-likeness (QED) is 0.360. The summed E-state index contributed by atoms with van der Waals surface area (Å²) in [6.45, 7) is 2.66. The maximum atomic E-state index is 12.8. The van der Waals surface area contributed by atoms with Crippen LogP contribution in [0.5, 0.6) is 0 Å². The first kappa shape index (κ1) is 22.8. The van der Waals surface area contributed by atoms with E-state index in [2.05, 4.69) is 12.2 Å². The number of hydrogen-bond acceptors (Lipinski definition) is 5. The van der Waals surface area contributed by atoms with Crippen molar-refractivity contribution in [3.8, 4) is 0 Å². The van der Waals surface area contributed by atoms with Crippen LogP contribution in [0.15, 0.2) is 24.3 Å². The molecule has 32 heavy (non-hydrogen) atoms. The van der Waals surface area contributed by atoms with Gasteiger partial charge in [-0.15, -0.1) is 0 Å². The van der Waals surface area contributed by atoms with Gasteiger partial charge in [-0.05, 0) is 49.4 Å². The van der Waals surface area contributed by atoms with Crippen LogP contribution in [0, 0.1) is 23.7 Å². The van der Waals surface area contributed by atoms with E-state index in [0.29, 0.717) is 17.9 Å². The fourth-order valence-corrected chi connectivity index (χ4v) is 5.76. The Bertz CT molecular complexity index is 818. The lowest BCUT2D eigenvalue weighted by molar-refractivity contribution is -0.145. The number of carbonyl (C=O) groups is 3. The highest BCUT2D eigenvalue weighted by atomic mass is 16.6. The number of nitrogens with one attached hydrogen (secondary N) is 1. The van der Waals surface area contributed by atoms with Gasteiger partial charge in [0.15, 0.2) is 0 Å². The average Bonchev–Trinajstić information content (AvgIpc) is 3.41. The van der Waals surface area contributed by atoms with Crippen LogP contribution in [0.2, 0.25) is 0 Å². The molecule has 3 fully saturated rings. The first-order chi connectivity index (χ1) is 15.6. The molecule has 174 valence electrons. The highest BCUT2D eigenvalue weighted by Crippen LogP contribution is 2.57. The molecule has 1 amide bonds. The van der Waals surface area contributed by atoms with Crippen LogP contribution < -0.4 is 5.32 Å².